The van der Waals surface area contributed by atoms with Crippen LogP contribution in [0.25, 0.3) is 0 Å². The lowest BCUT2D eigenvalue weighted by Crippen LogP contribution is -2.25. The normalized spacial score (nSPS) is 10.6. The molecule has 0 spiro atoms. The third-order valence-corrected chi connectivity index (χ3v) is 3.51. The van der Waals surface area contributed by atoms with Crippen molar-refractivity contribution in [3.8, 4) is 11.5 Å². The highest BCUT2D eigenvalue weighted by Crippen LogP contribution is 2.21. The van der Waals surface area contributed by atoms with Crippen molar-refractivity contribution in [1.82, 2.24) is 5.32 Å². The minimum Gasteiger partial charge on any atom is -0.507 e. The van der Waals surface area contributed by atoms with Gasteiger partial charge in [-0.15, -0.1) is 0 Å². The Bertz CT molecular complexity index is 778. The van der Waals surface area contributed by atoms with Crippen molar-refractivity contribution >= 4 is 12.2 Å². The molecule has 0 atom stereocenters. The van der Waals surface area contributed by atoms with Gasteiger partial charge in [-0.25, -0.2) is 0 Å². The molecule has 2 aromatic rings. The number of aromatic hydroxyl groups is 1. The fourth-order valence-corrected chi connectivity index (χ4v) is 2.30. The van der Waals surface area contributed by atoms with Gasteiger partial charge in [0.15, 0.2) is 6.29 Å². The second-order valence-electron chi connectivity index (χ2n) is 5.40. The molecular formula is C18H17F2NO4. The summed E-state index contributed by atoms with van der Waals surface area (Å²) in [5, 5.41) is 12.4. The van der Waals surface area contributed by atoms with Gasteiger partial charge in [-0.2, -0.15) is 8.78 Å². The first-order valence-corrected chi connectivity index (χ1v) is 7.51. The van der Waals surface area contributed by atoms with Gasteiger partial charge < -0.3 is 15.2 Å². The van der Waals surface area contributed by atoms with Gasteiger partial charge in [0.1, 0.15) is 11.5 Å². The SMILES string of the molecule is Cc1ccc(O)c(C(=O)NCCc2ccc(OC(F)F)c(C=O)c2)c1. The summed E-state index contributed by atoms with van der Waals surface area (Å²) in [5.41, 5.74) is 1.71. The second-order valence-corrected chi connectivity index (χ2v) is 5.40. The average molecular weight is 349 g/mol. The quantitative estimate of drug-likeness (QED) is 0.753. The summed E-state index contributed by atoms with van der Waals surface area (Å²) in [6.07, 6.45) is 0.818. The van der Waals surface area contributed by atoms with E-state index in [0.29, 0.717) is 18.3 Å². The Labute approximate surface area is 143 Å². The van der Waals surface area contributed by atoms with Crippen LogP contribution in [0.5, 0.6) is 11.5 Å². The van der Waals surface area contributed by atoms with Gasteiger partial charge in [-0.3, -0.25) is 9.59 Å². The molecule has 5 nitrogen and oxygen atoms in total. The van der Waals surface area contributed by atoms with Crippen LogP contribution in [0.1, 0.15) is 31.8 Å². The monoisotopic (exact) mass is 349 g/mol. The van der Waals surface area contributed by atoms with Crippen LogP contribution in [0.2, 0.25) is 0 Å². The average Bonchev–Trinajstić information content (AvgIpc) is 2.57. The molecule has 2 N–H and O–H groups in total. The first kappa shape index (κ1) is 18.4. The largest absolute Gasteiger partial charge is 0.507 e. The van der Waals surface area contributed by atoms with E-state index in [1.54, 1.807) is 25.1 Å². The van der Waals surface area contributed by atoms with Crippen LogP contribution >= 0.6 is 0 Å². The molecule has 2 aromatic carbocycles. The van der Waals surface area contributed by atoms with Gasteiger partial charge in [-0.05, 0) is 43.2 Å². The number of carbonyl (C=O) groups is 2. The minimum atomic E-state index is -3.01. The van der Waals surface area contributed by atoms with Gasteiger partial charge in [0.05, 0.1) is 11.1 Å². The van der Waals surface area contributed by atoms with Gasteiger partial charge in [-0.1, -0.05) is 17.7 Å². The number of hydrogen-bond donors (Lipinski definition) is 2. The van der Waals surface area contributed by atoms with Gasteiger partial charge in [0.25, 0.3) is 5.91 Å². The summed E-state index contributed by atoms with van der Waals surface area (Å²) in [4.78, 5) is 23.1. The van der Waals surface area contributed by atoms with Crippen LogP contribution < -0.4 is 10.1 Å². The number of phenols is 1. The summed E-state index contributed by atoms with van der Waals surface area (Å²) in [5.74, 6) is -0.725. The van der Waals surface area contributed by atoms with Crippen molar-refractivity contribution < 1.29 is 28.2 Å². The molecule has 0 saturated heterocycles. The van der Waals surface area contributed by atoms with Crippen LogP contribution in [0.3, 0.4) is 0 Å². The summed E-state index contributed by atoms with van der Waals surface area (Å²) < 4.78 is 28.7. The van der Waals surface area contributed by atoms with Crippen LogP contribution in [-0.4, -0.2) is 30.5 Å². The van der Waals surface area contributed by atoms with Crippen LogP contribution in [0.4, 0.5) is 8.78 Å². The zero-order chi connectivity index (χ0) is 18.4. The van der Waals surface area contributed by atoms with Crippen LogP contribution in [-0.2, 0) is 6.42 Å². The van der Waals surface area contributed by atoms with Gasteiger partial charge in [0.2, 0.25) is 0 Å². The number of aldehydes is 1. The number of amides is 1. The number of rotatable bonds is 7. The fourth-order valence-electron chi connectivity index (χ4n) is 2.30. The van der Waals surface area contributed by atoms with E-state index in [2.05, 4.69) is 10.1 Å². The number of phenolic OH excluding ortho intramolecular Hbond substituents is 1. The summed E-state index contributed by atoms with van der Waals surface area (Å²) >= 11 is 0. The Morgan fingerprint density at radius 3 is 2.72 bits per heavy atom. The lowest BCUT2D eigenvalue weighted by atomic mass is 10.1. The molecule has 0 aromatic heterocycles. The van der Waals surface area contributed by atoms with E-state index in [-0.39, 0.29) is 29.2 Å². The van der Waals surface area contributed by atoms with E-state index in [4.69, 9.17) is 0 Å². The predicted molar refractivity (Wildman–Crippen MR) is 87.3 cm³/mol. The third kappa shape index (κ3) is 5.00. The van der Waals surface area contributed by atoms with E-state index in [0.717, 1.165) is 5.56 Å². The highest BCUT2D eigenvalue weighted by Gasteiger charge is 2.12. The minimum absolute atomic E-state index is 0.0143. The predicted octanol–water partition coefficient (Wildman–Crippen LogP) is 3.09. The summed E-state index contributed by atoms with van der Waals surface area (Å²) in [7, 11) is 0. The number of benzene rings is 2. The lowest BCUT2D eigenvalue weighted by molar-refractivity contribution is -0.0500. The zero-order valence-electron chi connectivity index (χ0n) is 13.5. The Balaban J connectivity index is 1.98. The van der Waals surface area contributed by atoms with E-state index in [1.807, 2.05) is 0 Å². The Hall–Kier alpha value is -2.96. The molecule has 0 saturated carbocycles. The molecule has 0 bridgehead atoms. The van der Waals surface area contributed by atoms with Crippen molar-refractivity contribution in [3.63, 3.8) is 0 Å². The maximum absolute atomic E-state index is 12.2. The number of ether oxygens (including phenoxy) is 1. The molecule has 1 amide bonds. The second kappa shape index (κ2) is 8.23. The Kier molecular flexibility index (Phi) is 6.05. The third-order valence-electron chi connectivity index (χ3n) is 3.51. The first-order chi connectivity index (χ1) is 11.9. The van der Waals surface area contributed by atoms with E-state index in [1.165, 1.54) is 18.2 Å². The molecule has 0 aliphatic heterocycles. The van der Waals surface area contributed by atoms with E-state index >= 15 is 0 Å². The molecule has 132 valence electrons. The fraction of sp³-hybridized carbons (Fsp3) is 0.222. The lowest BCUT2D eigenvalue weighted by Gasteiger charge is -2.10. The van der Waals surface area contributed by atoms with Crippen molar-refractivity contribution in [2.75, 3.05) is 6.54 Å². The van der Waals surface area contributed by atoms with E-state index < -0.39 is 12.5 Å². The first-order valence-electron chi connectivity index (χ1n) is 7.51. The van der Waals surface area contributed by atoms with Crippen LogP contribution in [0.15, 0.2) is 36.4 Å². The van der Waals surface area contributed by atoms with Crippen molar-refractivity contribution in [1.29, 1.82) is 0 Å². The Morgan fingerprint density at radius 1 is 1.28 bits per heavy atom. The topological polar surface area (TPSA) is 75.6 Å². The zero-order valence-corrected chi connectivity index (χ0v) is 13.5. The summed E-state index contributed by atoms with van der Waals surface area (Å²) in [6.45, 7) is -0.953. The smallest absolute Gasteiger partial charge is 0.387 e. The Morgan fingerprint density at radius 2 is 2.04 bits per heavy atom. The number of alkyl halides is 2. The molecule has 0 fully saturated rings. The maximum atomic E-state index is 12.2. The number of carbonyl (C=O) groups excluding carboxylic acids is 2. The molecule has 0 unspecified atom stereocenters. The highest BCUT2D eigenvalue weighted by atomic mass is 19.3. The molecule has 2 rings (SSSR count). The number of nitrogens with one attached hydrogen (secondary N) is 1. The molecule has 7 heteroatoms. The van der Waals surface area contributed by atoms with Gasteiger partial charge in [0, 0.05) is 6.54 Å². The van der Waals surface area contributed by atoms with Crippen LogP contribution in [0, 0.1) is 6.92 Å². The van der Waals surface area contributed by atoms with Gasteiger partial charge >= 0.3 is 6.61 Å². The molecule has 0 aliphatic rings. The van der Waals surface area contributed by atoms with Crippen molar-refractivity contribution in [2.24, 2.45) is 0 Å². The number of aryl methyl sites for hydroxylation is 1. The summed E-state index contributed by atoms with van der Waals surface area (Å²) in [6, 6.07) is 8.98. The number of halogens is 2. The molecule has 0 radical (unpaired) electrons. The molecule has 0 aliphatic carbocycles. The standard InChI is InChI=1S/C18H17F2NO4/c1-11-2-4-15(23)14(8-11)17(24)21-7-6-12-3-5-16(25-18(19)20)13(9-12)10-22/h2-5,8-10,18,23H,6-7H2,1H3,(H,21,24). The van der Waals surface area contributed by atoms with E-state index in [9.17, 15) is 23.5 Å². The molecule has 0 heterocycles. The van der Waals surface area contributed by atoms with Crippen molar-refractivity contribution in [2.45, 2.75) is 20.0 Å². The number of hydrogen-bond acceptors (Lipinski definition) is 4. The molecule has 25 heavy (non-hydrogen) atoms. The molecular weight excluding hydrogens is 332 g/mol. The van der Waals surface area contributed by atoms with Crippen molar-refractivity contribution in [3.05, 3.63) is 58.7 Å². The maximum Gasteiger partial charge on any atom is 0.387 e. The highest BCUT2D eigenvalue weighted by molar-refractivity contribution is 5.97.